The predicted octanol–water partition coefficient (Wildman–Crippen LogP) is 3.81. The second-order valence-corrected chi connectivity index (χ2v) is 6.59. The van der Waals surface area contributed by atoms with E-state index in [9.17, 15) is 0 Å². The van der Waals surface area contributed by atoms with Gasteiger partial charge in [-0.15, -0.1) is 0 Å². The largest absolute Gasteiger partial charge is 0.314 e. The Hall–Kier alpha value is -0.0800. The van der Waals surface area contributed by atoms with Gasteiger partial charge in [-0.25, -0.2) is 0 Å². The third-order valence-electron chi connectivity index (χ3n) is 5.34. The summed E-state index contributed by atoms with van der Waals surface area (Å²) in [7, 11) is 0. The molecular weight excluding hydrogens is 232 g/mol. The summed E-state index contributed by atoms with van der Waals surface area (Å²) in [5.74, 6) is 0.892. The van der Waals surface area contributed by atoms with Gasteiger partial charge < -0.3 is 10.2 Å². The van der Waals surface area contributed by atoms with E-state index in [4.69, 9.17) is 0 Å². The molecule has 19 heavy (non-hydrogen) atoms. The minimum atomic E-state index is 0.781. The molecular formula is C17H34N2. The lowest BCUT2D eigenvalue weighted by molar-refractivity contribution is 0.153. The third-order valence-corrected chi connectivity index (χ3v) is 5.34. The zero-order valence-corrected chi connectivity index (χ0v) is 13.2. The fourth-order valence-corrected chi connectivity index (χ4v) is 4.24. The molecule has 2 aliphatic rings. The van der Waals surface area contributed by atoms with Crippen molar-refractivity contribution in [3.8, 4) is 0 Å². The molecule has 112 valence electrons. The molecule has 0 aromatic carbocycles. The van der Waals surface area contributed by atoms with Crippen LogP contribution in [0.15, 0.2) is 0 Å². The summed E-state index contributed by atoms with van der Waals surface area (Å²) in [5, 5.41) is 3.77. The summed E-state index contributed by atoms with van der Waals surface area (Å²) >= 11 is 0. The molecule has 0 bridgehead atoms. The van der Waals surface area contributed by atoms with E-state index in [2.05, 4.69) is 24.1 Å². The standard InChI is InChI=1S/C17H34N2/c1-3-18-17-13-7-5-6-10-15(17)14-19(4-2)16-11-8-9-12-16/h15-18H,3-14H2,1-2H3. The summed E-state index contributed by atoms with van der Waals surface area (Å²) in [4.78, 5) is 2.80. The first-order chi connectivity index (χ1) is 9.35. The summed E-state index contributed by atoms with van der Waals surface area (Å²) in [6, 6.07) is 1.68. The van der Waals surface area contributed by atoms with E-state index in [0.717, 1.165) is 24.5 Å². The number of hydrogen-bond donors (Lipinski definition) is 1. The van der Waals surface area contributed by atoms with Gasteiger partial charge in [-0.1, -0.05) is 46.0 Å². The Kier molecular flexibility index (Phi) is 6.66. The van der Waals surface area contributed by atoms with Gasteiger partial charge >= 0.3 is 0 Å². The first kappa shape index (κ1) is 15.3. The normalized spacial score (nSPS) is 29.8. The number of hydrogen-bond acceptors (Lipinski definition) is 2. The highest BCUT2D eigenvalue weighted by Gasteiger charge is 2.28. The molecule has 1 N–H and O–H groups in total. The third kappa shape index (κ3) is 4.46. The van der Waals surface area contributed by atoms with E-state index in [-0.39, 0.29) is 0 Å². The molecule has 0 heterocycles. The Bertz CT molecular complexity index is 235. The van der Waals surface area contributed by atoms with Crippen LogP contribution in [0.4, 0.5) is 0 Å². The van der Waals surface area contributed by atoms with Gasteiger partial charge in [0.1, 0.15) is 0 Å². The van der Waals surface area contributed by atoms with Crippen LogP contribution in [0.1, 0.15) is 71.6 Å². The smallest absolute Gasteiger partial charge is 0.0107 e. The fraction of sp³-hybridized carbons (Fsp3) is 1.00. The topological polar surface area (TPSA) is 15.3 Å². The van der Waals surface area contributed by atoms with Crippen molar-refractivity contribution >= 4 is 0 Å². The van der Waals surface area contributed by atoms with Gasteiger partial charge in [0.05, 0.1) is 0 Å². The van der Waals surface area contributed by atoms with E-state index < -0.39 is 0 Å². The summed E-state index contributed by atoms with van der Waals surface area (Å²) in [6.07, 6.45) is 13.0. The van der Waals surface area contributed by atoms with Crippen molar-refractivity contribution in [1.29, 1.82) is 0 Å². The van der Waals surface area contributed by atoms with Crippen LogP contribution in [-0.2, 0) is 0 Å². The van der Waals surface area contributed by atoms with Gasteiger partial charge in [0.25, 0.3) is 0 Å². The Balaban J connectivity index is 1.91. The Labute approximate surface area is 120 Å². The molecule has 2 aliphatic carbocycles. The SMILES string of the molecule is CCNC1CCCCCC1CN(CC)C1CCCC1. The van der Waals surface area contributed by atoms with E-state index in [1.165, 1.54) is 70.9 Å². The molecule has 2 nitrogen and oxygen atoms in total. The minimum absolute atomic E-state index is 0.781. The molecule has 0 aromatic rings. The van der Waals surface area contributed by atoms with Crippen molar-refractivity contribution < 1.29 is 0 Å². The first-order valence-corrected chi connectivity index (χ1v) is 8.82. The molecule has 0 amide bonds. The van der Waals surface area contributed by atoms with Crippen LogP contribution in [0.5, 0.6) is 0 Å². The lowest BCUT2D eigenvalue weighted by Crippen LogP contribution is -2.44. The maximum Gasteiger partial charge on any atom is 0.0107 e. The quantitative estimate of drug-likeness (QED) is 0.736. The van der Waals surface area contributed by atoms with Crippen molar-refractivity contribution in [1.82, 2.24) is 10.2 Å². The van der Waals surface area contributed by atoms with Crippen molar-refractivity contribution in [3.05, 3.63) is 0 Å². The highest BCUT2D eigenvalue weighted by atomic mass is 15.2. The molecule has 0 spiro atoms. The predicted molar refractivity (Wildman–Crippen MR) is 83.5 cm³/mol. The van der Waals surface area contributed by atoms with E-state index in [1.54, 1.807) is 0 Å². The molecule has 0 aromatic heterocycles. The van der Waals surface area contributed by atoms with Gasteiger partial charge in [0, 0.05) is 18.6 Å². The lowest BCUT2D eigenvalue weighted by Gasteiger charge is -2.34. The van der Waals surface area contributed by atoms with Crippen LogP contribution in [0.2, 0.25) is 0 Å². The van der Waals surface area contributed by atoms with Gasteiger partial charge in [-0.3, -0.25) is 0 Å². The highest BCUT2D eigenvalue weighted by Crippen LogP contribution is 2.28. The number of rotatable bonds is 6. The summed E-state index contributed by atoms with van der Waals surface area (Å²) in [5.41, 5.74) is 0. The molecule has 2 saturated carbocycles. The molecule has 2 heteroatoms. The average Bonchev–Trinajstić information content (AvgIpc) is 2.86. The summed E-state index contributed by atoms with van der Waals surface area (Å²) in [6.45, 7) is 8.35. The second kappa shape index (κ2) is 8.26. The molecule has 0 aliphatic heterocycles. The van der Waals surface area contributed by atoms with Crippen molar-refractivity contribution in [2.24, 2.45) is 5.92 Å². The zero-order chi connectivity index (χ0) is 13.5. The van der Waals surface area contributed by atoms with Crippen molar-refractivity contribution in [3.63, 3.8) is 0 Å². The Morgan fingerprint density at radius 1 is 0.895 bits per heavy atom. The molecule has 2 fully saturated rings. The van der Waals surface area contributed by atoms with Gasteiger partial charge in [-0.05, 0) is 44.7 Å². The second-order valence-electron chi connectivity index (χ2n) is 6.59. The fourth-order valence-electron chi connectivity index (χ4n) is 4.24. The molecule has 0 radical (unpaired) electrons. The molecule has 2 rings (SSSR count). The van der Waals surface area contributed by atoms with Crippen LogP contribution in [0.25, 0.3) is 0 Å². The van der Waals surface area contributed by atoms with Gasteiger partial charge in [-0.2, -0.15) is 0 Å². The van der Waals surface area contributed by atoms with E-state index >= 15 is 0 Å². The maximum absolute atomic E-state index is 3.77. The van der Waals surface area contributed by atoms with Crippen LogP contribution in [0, 0.1) is 5.92 Å². The first-order valence-electron chi connectivity index (χ1n) is 8.82. The molecule has 2 atom stereocenters. The van der Waals surface area contributed by atoms with Gasteiger partial charge in [0.15, 0.2) is 0 Å². The lowest BCUT2D eigenvalue weighted by atomic mass is 9.93. The van der Waals surface area contributed by atoms with Gasteiger partial charge in [0.2, 0.25) is 0 Å². The minimum Gasteiger partial charge on any atom is -0.314 e. The van der Waals surface area contributed by atoms with Crippen LogP contribution >= 0.6 is 0 Å². The van der Waals surface area contributed by atoms with Crippen molar-refractivity contribution in [2.75, 3.05) is 19.6 Å². The molecule has 0 saturated heterocycles. The Morgan fingerprint density at radius 2 is 1.58 bits per heavy atom. The monoisotopic (exact) mass is 266 g/mol. The number of nitrogens with one attached hydrogen (secondary N) is 1. The summed E-state index contributed by atoms with van der Waals surface area (Å²) < 4.78 is 0. The number of nitrogens with zero attached hydrogens (tertiary/aromatic N) is 1. The highest BCUT2D eigenvalue weighted by molar-refractivity contribution is 4.85. The van der Waals surface area contributed by atoms with Crippen LogP contribution in [0.3, 0.4) is 0 Å². The van der Waals surface area contributed by atoms with E-state index in [0.29, 0.717) is 0 Å². The van der Waals surface area contributed by atoms with Crippen LogP contribution < -0.4 is 5.32 Å². The maximum atomic E-state index is 3.77. The van der Waals surface area contributed by atoms with Crippen molar-refractivity contribution in [2.45, 2.75) is 83.7 Å². The average molecular weight is 266 g/mol. The van der Waals surface area contributed by atoms with E-state index in [1.807, 2.05) is 0 Å². The Morgan fingerprint density at radius 3 is 2.26 bits per heavy atom. The molecule has 2 unspecified atom stereocenters. The zero-order valence-electron chi connectivity index (χ0n) is 13.2. The van der Waals surface area contributed by atoms with Crippen LogP contribution in [-0.4, -0.2) is 36.6 Å².